The van der Waals surface area contributed by atoms with Crippen LogP contribution in [0.4, 0.5) is 43.9 Å². The summed E-state index contributed by atoms with van der Waals surface area (Å²) in [5, 5.41) is 18.0. The van der Waals surface area contributed by atoms with Crippen molar-refractivity contribution in [3.63, 3.8) is 0 Å². The minimum Gasteiger partial charge on any atom is -0.508 e. The van der Waals surface area contributed by atoms with Gasteiger partial charge in [-0.1, -0.05) is 0 Å². The van der Waals surface area contributed by atoms with Gasteiger partial charge in [-0.2, -0.15) is 26.3 Å². The Morgan fingerprint density at radius 2 is 0.741 bits per heavy atom. The molecule has 0 fully saturated rings. The predicted octanol–water partition coefficient (Wildman–Crippen LogP) is 5.06. The monoisotopic (exact) mass is 408 g/mol. The molecular weight excluding hydrogens is 402 g/mol. The minimum atomic E-state index is -6.69. The topological polar surface area (TPSA) is 40.5 Å². The summed E-state index contributed by atoms with van der Waals surface area (Å²) in [6, 6.07) is -1.11. The second-order valence-corrected chi connectivity index (χ2v) is 5.31. The molecule has 2 N–H and O–H groups in total. The molecule has 0 saturated heterocycles. The average Bonchev–Trinajstić information content (AvgIpc) is 2.40. The number of phenols is 2. The summed E-state index contributed by atoms with van der Waals surface area (Å²) in [6.45, 7) is 0. The summed E-state index contributed by atoms with van der Waals surface area (Å²) in [4.78, 5) is 0. The van der Waals surface area contributed by atoms with Crippen molar-refractivity contribution in [2.75, 3.05) is 0 Å². The molecule has 0 unspecified atom stereocenters. The molecule has 0 aliphatic heterocycles. The number of aromatic hydroxyl groups is 2. The Labute approximate surface area is 143 Å². The van der Waals surface area contributed by atoms with Gasteiger partial charge in [-0.05, 0) is 0 Å². The molecule has 2 nitrogen and oxygen atoms in total. The van der Waals surface area contributed by atoms with Gasteiger partial charge < -0.3 is 10.2 Å². The fourth-order valence-corrected chi connectivity index (χ4v) is 2.69. The zero-order valence-corrected chi connectivity index (χ0v) is 12.5. The Morgan fingerprint density at radius 3 is 0.926 bits per heavy atom. The Balaban J connectivity index is 3.19. The normalized spacial score (nSPS) is 13.1. The van der Waals surface area contributed by atoms with Crippen LogP contribution >= 0.6 is 0 Å². The molecule has 0 atom stereocenters. The van der Waals surface area contributed by atoms with Crippen LogP contribution < -0.4 is 0 Å². The molecule has 0 aliphatic rings. The number of hydrogen-bond donors (Lipinski definition) is 2. The number of phenolic OH excluding ortho intramolecular Hbond substituents is 2. The SMILES string of the molecule is Oc1cc(F)c(C(c2c(F)cc(O)cc2F)(C(F)(F)F)C(F)(F)F)c(F)c1. The van der Waals surface area contributed by atoms with Crippen LogP contribution in [-0.2, 0) is 5.41 Å². The van der Waals surface area contributed by atoms with E-state index < -0.39 is 63.7 Å². The first-order valence-electron chi connectivity index (χ1n) is 6.65. The molecule has 2 rings (SSSR count). The lowest BCUT2D eigenvalue weighted by atomic mass is 9.71. The van der Waals surface area contributed by atoms with E-state index in [2.05, 4.69) is 0 Å². The molecule has 27 heavy (non-hydrogen) atoms. The van der Waals surface area contributed by atoms with Gasteiger partial charge in [-0.25, -0.2) is 17.6 Å². The van der Waals surface area contributed by atoms with Gasteiger partial charge in [-0.15, -0.1) is 0 Å². The number of benzene rings is 2. The van der Waals surface area contributed by atoms with Gasteiger partial charge >= 0.3 is 12.4 Å². The van der Waals surface area contributed by atoms with Crippen molar-refractivity contribution in [1.29, 1.82) is 0 Å². The highest BCUT2D eigenvalue weighted by molar-refractivity contribution is 5.49. The number of rotatable bonds is 2. The van der Waals surface area contributed by atoms with E-state index in [0.717, 1.165) is 0 Å². The molecule has 0 aromatic heterocycles. The summed E-state index contributed by atoms with van der Waals surface area (Å²) in [5.74, 6) is -12.9. The fourth-order valence-electron chi connectivity index (χ4n) is 2.69. The summed E-state index contributed by atoms with van der Waals surface area (Å²) in [6.07, 6.45) is -13.4. The Kier molecular flexibility index (Phi) is 4.74. The van der Waals surface area contributed by atoms with E-state index in [1.54, 1.807) is 0 Å². The third-order valence-corrected chi connectivity index (χ3v) is 3.65. The number of hydrogen-bond acceptors (Lipinski definition) is 2. The van der Waals surface area contributed by atoms with Crippen molar-refractivity contribution < 1.29 is 54.1 Å². The van der Waals surface area contributed by atoms with E-state index in [-0.39, 0.29) is 24.3 Å². The average molecular weight is 408 g/mol. The molecule has 0 bridgehead atoms. The molecule has 0 aliphatic carbocycles. The fraction of sp³-hybridized carbons (Fsp3) is 0.200. The maximum atomic E-state index is 14.0. The van der Waals surface area contributed by atoms with Crippen molar-refractivity contribution in [2.24, 2.45) is 0 Å². The van der Waals surface area contributed by atoms with Crippen LogP contribution in [0, 0.1) is 23.3 Å². The predicted molar refractivity (Wildman–Crippen MR) is 68.9 cm³/mol. The summed E-state index contributed by atoms with van der Waals surface area (Å²) >= 11 is 0. The van der Waals surface area contributed by atoms with Gasteiger partial charge in [0, 0.05) is 24.3 Å². The zero-order valence-electron chi connectivity index (χ0n) is 12.5. The molecule has 148 valence electrons. The summed E-state index contributed by atoms with van der Waals surface area (Å²) in [7, 11) is 0. The van der Waals surface area contributed by atoms with Crippen LogP contribution in [0.2, 0.25) is 0 Å². The molecule has 0 spiro atoms. The highest BCUT2D eigenvalue weighted by atomic mass is 19.4. The van der Waals surface area contributed by atoms with Gasteiger partial charge in [-0.3, -0.25) is 0 Å². The van der Waals surface area contributed by atoms with Gasteiger partial charge in [0.2, 0.25) is 5.41 Å². The second kappa shape index (κ2) is 6.20. The quantitative estimate of drug-likeness (QED) is 0.682. The first-order chi connectivity index (χ1) is 12.1. The Morgan fingerprint density at radius 1 is 0.519 bits per heavy atom. The van der Waals surface area contributed by atoms with Crippen molar-refractivity contribution in [1.82, 2.24) is 0 Å². The van der Waals surface area contributed by atoms with E-state index >= 15 is 0 Å². The molecule has 0 heterocycles. The number of halogens is 10. The first kappa shape index (κ1) is 20.6. The molecule has 2 aromatic carbocycles. The van der Waals surface area contributed by atoms with E-state index in [4.69, 9.17) is 10.2 Å². The lowest BCUT2D eigenvalue weighted by Gasteiger charge is -2.38. The molecule has 12 heteroatoms. The minimum absolute atomic E-state index is 0.277. The maximum Gasteiger partial charge on any atom is 0.411 e. The molecular formula is C15H6F10O2. The standard InChI is InChI=1S/C15H6F10O2/c16-7-1-5(26)2-8(17)11(7)13(14(20,21)22,15(23,24)25)12-9(18)3-6(27)4-10(12)19/h1-4,26-27H. The van der Waals surface area contributed by atoms with Crippen molar-refractivity contribution in [3.8, 4) is 11.5 Å². The van der Waals surface area contributed by atoms with E-state index in [1.165, 1.54) is 0 Å². The van der Waals surface area contributed by atoms with Gasteiger partial charge in [0.05, 0.1) is 11.1 Å². The smallest absolute Gasteiger partial charge is 0.411 e. The summed E-state index contributed by atoms with van der Waals surface area (Å²) in [5.41, 5.74) is -11.4. The molecule has 0 amide bonds. The van der Waals surface area contributed by atoms with Crippen LogP contribution in [0.1, 0.15) is 11.1 Å². The third-order valence-electron chi connectivity index (χ3n) is 3.65. The van der Waals surface area contributed by atoms with Crippen LogP contribution in [-0.4, -0.2) is 22.6 Å². The first-order valence-corrected chi connectivity index (χ1v) is 6.65. The molecule has 0 radical (unpaired) electrons. The summed E-state index contributed by atoms with van der Waals surface area (Å²) < 4.78 is 138. The molecule has 0 saturated carbocycles. The van der Waals surface area contributed by atoms with Crippen molar-refractivity contribution >= 4 is 0 Å². The Bertz CT molecular complexity index is 766. The van der Waals surface area contributed by atoms with Crippen molar-refractivity contribution in [2.45, 2.75) is 17.8 Å². The van der Waals surface area contributed by atoms with E-state index in [9.17, 15) is 43.9 Å². The second-order valence-electron chi connectivity index (χ2n) is 5.31. The van der Waals surface area contributed by atoms with Gasteiger partial charge in [0.25, 0.3) is 0 Å². The number of alkyl halides is 6. The van der Waals surface area contributed by atoms with Crippen LogP contribution in [0.3, 0.4) is 0 Å². The highest BCUT2D eigenvalue weighted by Crippen LogP contribution is 2.58. The maximum absolute atomic E-state index is 14.0. The highest BCUT2D eigenvalue weighted by Gasteiger charge is 2.76. The van der Waals surface area contributed by atoms with E-state index in [0.29, 0.717) is 0 Å². The lowest BCUT2D eigenvalue weighted by Crippen LogP contribution is -2.56. The van der Waals surface area contributed by atoms with Gasteiger partial charge in [0.15, 0.2) is 0 Å². The van der Waals surface area contributed by atoms with E-state index in [1.807, 2.05) is 0 Å². The third kappa shape index (κ3) is 3.02. The zero-order chi connectivity index (χ0) is 20.9. The largest absolute Gasteiger partial charge is 0.508 e. The molecule has 2 aromatic rings. The van der Waals surface area contributed by atoms with Crippen LogP contribution in [0.15, 0.2) is 24.3 Å². The lowest BCUT2D eigenvalue weighted by molar-refractivity contribution is -0.291. The van der Waals surface area contributed by atoms with Gasteiger partial charge in [0.1, 0.15) is 34.8 Å². The van der Waals surface area contributed by atoms with Crippen LogP contribution in [0.5, 0.6) is 11.5 Å². The van der Waals surface area contributed by atoms with Crippen molar-refractivity contribution in [3.05, 3.63) is 58.7 Å². The van der Waals surface area contributed by atoms with Crippen LogP contribution in [0.25, 0.3) is 0 Å². The Hall–Kier alpha value is -2.66.